The second-order valence-electron chi connectivity index (χ2n) is 7.17. The number of carbonyl (C=O) groups is 2. The van der Waals surface area contributed by atoms with E-state index >= 15 is 0 Å². The van der Waals surface area contributed by atoms with E-state index in [1.807, 2.05) is 0 Å². The number of anilines is 1. The summed E-state index contributed by atoms with van der Waals surface area (Å²) < 4.78 is 36.4. The Balaban J connectivity index is 1.55. The van der Waals surface area contributed by atoms with Crippen LogP contribution in [-0.4, -0.2) is 50.8 Å². The van der Waals surface area contributed by atoms with Gasteiger partial charge in [-0.15, -0.1) is 0 Å². The quantitative estimate of drug-likeness (QED) is 0.604. The van der Waals surface area contributed by atoms with E-state index in [0.717, 1.165) is 17.0 Å². The topological polar surface area (TPSA) is 110 Å². The molecule has 1 aliphatic rings. The molecule has 3 heterocycles. The van der Waals surface area contributed by atoms with Crippen LogP contribution in [0.15, 0.2) is 43.0 Å². The second-order valence-corrected chi connectivity index (χ2v) is 7.17. The number of cyclic esters (lactones) is 1. The number of carbonyl (C=O) groups excluding carboxylic acids is 2. The van der Waals surface area contributed by atoms with E-state index in [4.69, 9.17) is 9.84 Å². The van der Waals surface area contributed by atoms with E-state index in [1.54, 1.807) is 16.8 Å². The maximum absolute atomic E-state index is 14.9. The van der Waals surface area contributed by atoms with Gasteiger partial charge in [-0.3, -0.25) is 14.3 Å². The van der Waals surface area contributed by atoms with Crippen molar-refractivity contribution in [3.05, 3.63) is 60.3 Å². The van der Waals surface area contributed by atoms with E-state index in [9.17, 15) is 18.4 Å². The van der Waals surface area contributed by atoms with E-state index in [2.05, 4.69) is 15.3 Å². The number of nitrogens with one attached hydrogen (secondary N) is 1. The van der Waals surface area contributed by atoms with Gasteiger partial charge in [-0.05, 0) is 24.3 Å². The van der Waals surface area contributed by atoms with Crippen molar-refractivity contribution in [2.45, 2.75) is 19.6 Å². The van der Waals surface area contributed by atoms with Gasteiger partial charge in [0.25, 0.3) is 0 Å². The molecule has 166 valence electrons. The molecule has 1 atom stereocenters. The zero-order valence-electron chi connectivity index (χ0n) is 17.0. The summed E-state index contributed by atoms with van der Waals surface area (Å²) in [7, 11) is 0. The maximum Gasteiger partial charge on any atom is 0.414 e. The monoisotopic (exact) mass is 443 g/mol. The normalized spacial score (nSPS) is 15.7. The van der Waals surface area contributed by atoms with Crippen LogP contribution < -0.4 is 10.2 Å². The summed E-state index contributed by atoms with van der Waals surface area (Å²) in [6, 6.07) is 5.18. The Morgan fingerprint density at radius 1 is 1.28 bits per heavy atom. The summed E-state index contributed by atoms with van der Waals surface area (Å²) in [5.41, 5.74) is 0.407. The average Bonchev–Trinajstić information content (AvgIpc) is 3.39. The highest BCUT2D eigenvalue weighted by Gasteiger charge is 2.33. The number of amides is 2. The third kappa shape index (κ3) is 4.28. The molecule has 2 aromatic heterocycles. The van der Waals surface area contributed by atoms with Crippen molar-refractivity contribution in [3.63, 3.8) is 0 Å². The SMILES string of the molecule is CC(=O)NC[C@H]1CN(c2cc(F)c(-c3ccc(-n4cnc(CO)c4)nc3)c(F)c2)C(=O)O1. The van der Waals surface area contributed by atoms with E-state index in [0.29, 0.717) is 11.5 Å². The fraction of sp³-hybridized carbons (Fsp3) is 0.238. The summed E-state index contributed by atoms with van der Waals surface area (Å²) in [5, 5.41) is 11.6. The van der Waals surface area contributed by atoms with Gasteiger partial charge >= 0.3 is 6.09 Å². The fourth-order valence-electron chi connectivity index (χ4n) is 3.34. The number of imidazole rings is 1. The molecule has 0 aliphatic carbocycles. The van der Waals surface area contributed by atoms with Gasteiger partial charge in [-0.2, -0.15) is 0 Å². The molecule has 0 radical (unpaired) electrons. The number of hydrogen-bond donors (Lipinski definition) is 2. The molecule has 11 heteroatoms. The van der Waals surface area contributed by atoms with Crippen LogP contribution in [0.25, 0.3) is 16.9 Å². The Bertz CT molecular complexity index is 1140. The number of aliphatic hydroxyl groups excluding tert-OH is 1. The molecule has 1 fully saturated rings. The predicted octanol–water partition coefficient (Wildman–Crippen LogP) is 2.17. The number of ether oxygens (including phenoxy) is 1. The molecule has 2 amide bonds. The molecular weight excluding hydrogens is 424 g/mol. The minimum Gasteiger partial charge on any atom is -0.442 e. The van der Waals surface area contributed by atoms with Crippen LogP contribution in [-0.2, 0) is 16.1 Å². The lowest BCUT2D eigenvalue weighted by Crippen LogP contribution is -2.33. The number of benzene rings is 1. The van der Waals surface area contributed by atoms with Crippen LogP contribution >= 0.6 is 0 Å². The third-order valence-corrected chi connectivity index (χ3v) is 4.89. The summed E-state index contributed by atoms with van der Waals surface area (Å²) in [6.07, 6.45) is 3.01. The molecule has 0 saturated carbocycles. The van der Waals surface area contributed by atoms with E-state index in [-0.39, 0.29) is 42.4 Å². The summed E-state index contributed by atoms with van der Waals surface area (Å²) >= 11 is 0. The van der Waals surface area contributed by atoms with Crippen LogP contribution in [0.3, 0.4) is 0 Å². The van der Waals surface area contributed by atoms with Crippen molar-refractivity contribution in [3.8, 4) is 16.9 Å². The van der Waals surface area contributed by atoms with Gasteiger partial charge < -0.3 is 15.2 Å². The Kier molecular flexibility index (Phi) is 5.82. The summed E-state index contributed by atoms with van der Waals surface area (Å²) in [5.74, 6) is -1.54. The maximum atomic E-state index is 14.9. The van der Waals surface area contributed by atoms with Gasteiger partial charge in [0, 0.05) is 24.9 Å². The first-order valence-corrected chi connectivity index (χ1v) is 9.68. The van der Waals surface area contributed by atoms with Crippen molar-refractivity contribution in [1.82, 2.24) is 19.9 Å². The van der Waals surface area contributed by atoms with Gasteiger partial charge in [0.15, 0.2) is 0 Å². The lowest BCUT2D eigenvalue weighted by molar-refractivity contribution is -0.119. The second kappa shape index (κ2) is 8.71. The molecule has 2 N–H and O–H groups in total. The van der Waals surface area contributed by atoms with Crippen molar-refractivity contribution in [1.29, 1.82) is 0 Å². The number of aliphatic hydroxyl groups is 1. The van der Waals surface area contributed by atoms with E-state index in [1.165, 1.54) is 25.5 Å². The zero-order chi connectivity index (χ0) is 22.8. The Morgan fingerprint density at radius 2 is 2.03 bits per heavy atom. The Morgan fingerprint density at radius 3 is 2.62 bits per heavy atom. The third-order valence-electron chi connectivity index (χ3n) is 4.89. The molecule has 1 aromatic carbocycles. The van der Waals surface area contributed by atoms with Crippen LogP contribution in [0.4, 0.5) is 19.3 Å². The minimum atomic E-state index is -0.863. The number of hydrogen-bond acceptors (Lipinski definition) is 6. The number of aromatic nitrogens is 3. The van der Waals surface area contributed by atoms with Gasteiger partial charge in [-0.1, -0.05) is 0 Å². The number of nitrogens with zero attached hydrogens (tertiary/aromatic N) is 4. The lowest BCUT2D eigenvalue weighted by atomic mass is 10.1. The van der Waals surface area contributed by atoms with Gasteiger partial charge in [0.2, 0.25) is 5.91 Å². The summed E-state index contributed by atoms with van der Waals surface area (Å²) in [4.78, 5) is 32.4. The number of pyridine rings is 1. The standard InChI is InChI=1S/C21H19F2N5O4/c1-12(30)24-7-16-9-28(21(31)32-16)15-4-17(22)20(18(23)5-15)13-2-3-19(25-6-13)27-8-14(10-29)26-11-27/h2-6,8,11,16,29H,7,9-10H2,1H3,(H,24,30)/t16-/m0/s1. The molecule has 0 bridgehead atoms. The predicted molar refractivity (Wildman–Crippen MR) is 109 cm³/mol. The molecule has 4 rings (SSSR count). The van der Waals surface area contributed by atoms with Crippen molar-refractivity contribution in [2.75, 3.05) is 18.0 Å². The van der Waals surface area contributed by atoms with Crippen LogP contribution in [0, 0.1) is 11.6 Å². The molecule has 9 nitrogen and oxygen atoms in total. The summed E-state index contributed by atoms with van der Waals surface area (Å²) in [6.45, 7) is 1.28. The van der Waals surface area contributed by atoms with Gasteiger partial charge in [-0.25, -0.2) is 23.5 Å². The lowest BCUT2D eigenvalue weighted by Gasteiger charge is -2.15. The first kappa shape index (κ1) is 21.4. The first-order valence-electron chi connectivity index (χ1n) is 9.68. The van der Waals surface area contributed by atoms with Crippen molar-refractivity contribution in [2.24, 2.45) is 0 Å². The fourth-order valence-corrected chi connectivity index (χ4v) is 3.34. The first-order chi connectivity index (χ1) is 15.4. The molecule has 32 heavy (non-hydrogen) atoms. The highest BCUT2D eigenvalue weighted by Crippen LogP contribution is 2.32. The van der Waals surface area contributed by atoms with E-state index < -0.39 is 23.8 Å². The highest BCUT2D eigenvalue weighted by molar-refractivity contribution is 5.90. The molecule has 1 aliphatic heterocycles. The molecule has 1 saturated heterocycles. The van der Waals surface area contributed by atoms with Crippen LogP contribution in [0.1, 0.15) is 12.6 Å². The number of halogens is 2. The van der Waals surface area contributed by atoms with Gasteiger partial charge in [0.1, 0.15) is 29.9 Å². The Labute approximate surface area is 181 Å². The molecular formula is C21H19F2N5O4. The van der Waals surface area contributed by atoms with Gasteiger partial charge in [0.05, 0.1) is 36.6 Å². The van der Waals surface area contributed by atoms with Crippen LogP contribution in [0.5, 0.6) is 0 Å². The molecule has 0 unspecified atom stereocenters. The van der Waals surface area contributed by atoms with Crippen LogP contribution in [0.2, 0.25) is 0 Å². The largest absolute Gasteiger partial charge is 0.442 e. The number of rotatable bonds is 6. The Hall–Kier alpha value is -3.86. The smallest absolute Gasteiger partial charge is 0.414 e. The zero-order valence-corrected chi connectivity index (χ0v) is 17.0. The minimum absolute atomic E-state index is 0.0126. The average molecular weight is 443 g/mol. The highest BCUT2D eigenvalue weighted by atomic mass is 19.1. The van der Waals surface area contributed by atoms with Crippen molar-refractivity contribution >= 4 is 17.7 Å². The molecule has 3 aromatic rings. The van der Waals surface area contributed by atoms with Crippen molar-refractivity contribution < 1.29 is 28.2 Å². The molecule has 0 spiro atoms.